The molecule has 3 aromatic rings. The lowest BCUT2D eigenvalue weighted by Gasteiger charge is -2.13. The summed E-state index contributed by atoms with van der Waals surface area (Å²) in [5, 5.41) is 3.89. The van der Waals surface area contributed by atoms with Crippen LogP contribution in [0.1, 0.15) is 12.8 Å². The molecule has 1 aromatic heterocycles. The van der Waals surface area contributed by atoms with Crippen LogP contribution in [0.15, 0.2) is 60.8 Å². The van der Waals surface area contributed by atoms with Gasteiger partial charge in [0.15, 0.2) is 0 Å². The Morgan fingerprint density at radius 1 is 1.08 bits per heavy atom. The molecule has 1 saturated heterocycles. The van der Waals surface area contributed by atoms with Gasteiger partial charge in [0.05, 0.1) is 12.1 Å². The van der Waals surface area contributed by atoms with E-state index < -0.39 is 0 Å². The van der Waals surface area contributed by atoms with Crippen molar-refractivity contribution in [1.29, 1.82) is 0 Å². The van der Waals surface area contributed by atoms with Gasteiger partial charge < -0.3 is 10.1 Å². The van der Waals surface area contributed by atoms with Gasteiger partial charge in [-0.1, -0.05) is 30.3 Å². The van der Waals surface area contributed by atoms with Gasteiger partial charge in [0, 0.05) is 24.5 Å². The quantitative estimate of drug-likeness (QED) is 0.773. The molecule has 1 amide bonds. The predicted molar refractivity (Wildman–Crippen MR) is 98.4 cm³/mol. The zero-order chi connectivity index (χ0) is 17.1. The molecule has 126 valence electrons. The van der Waals surface area contributed by atoms with Crippen molar-refractivity contribution in [3.05, 3.63) is 60.8 Å². The molecule has 4 rings (SSSR count). The van der Waals surface area contributed by atoms with Crippen LogP contribution in [0.25, 0.3) is 22.0 Å². The zero-order valence-corrected chi connectivity index (χ0v) is 13.9. The summed E-state index contributed by atoms with van der Waals surface area (Å²) in [6.45, 7) is 1.36. The molecular weight excluding hydrogens is 312 g/mol. The van der Waals surface area contributed by atoms with E-state index in [1.807, 2.05) is 30.3 Å². The van der Waals surface area contributed by atoms with E-state index in [4.69, 9.17) is 4.74 Å². The number of rotatable bonds is 5. The lowest BCUT2D eigenvalue weighted by molar-refractivity contribution is -0.119. The Bertz CT molecular complexity index is 893. The average molecular weight is 332 g/mol. The van der Waals surface area contributed by atoms with Crippen LogP contribution in [-0.4, -0.2) is 24.0 Å². The van der Waals surface area contributed by atoms with Crippen LogP contribution < -0.4 is 10.1 Å². The highest BCUT2D eigenvalue weighted by molar-refractivity contribution is 5.90. The molecule has 1 N–H and O–H groups in total. The molecule has 1 fully saturated rings. The molecule has 2 aromatic carbocycles. The van der Waals surface area contributed by atoms with Crippen molar-refractivity contribution in [3.8, 4) is 16.9 Å². The normalized spacial score (nSPS) is 16.8. The van der Waals surface area contributed by atoms with Gasteiger partial charge in [0.1, 0.15) is 5.75 Å². The fourth-order valence-electron chi connectivity index (χ4n) is 3.27. The summed E-state index contributed by atoms with van der Waals surface area (Å²) < 4.78 is 6.10. The van der Waals surface area contributed by atoms with Gasteiger partial charge in [0.2, 0.25) is 5.91 Å². The van der Waals surface area contributed by atoms with Gasteiger partial charge in [0.25, 0.3) is 0 Å². The number of hydrogen-bond acceptors (Lipinski definition) is 3. The van der Waals surface area contributed by atoms with E-state index in [0.29, 0.717) is 18.9 Å². The van der Waals surface area contributed by atoms with Crippen molar-refractivity contribution < 1.29 is 9.53 Å². The monoisotopic (exact) mass is 332 g/mol. The minimum Gasteiger partial charge on any atom is -0.493 e. The Labute approximate surface area is 146 Å². The zero-order valence-electron chi connectivity index (χ0n) is 13.9. The molecule has 4 heteroatoms. The fourth-order valence-corrected chi connectivity index (χ4v) is 3.27. The second-order valence-electron chi connectivity index (χ2n) is 6.42. The van der Waals surface area contributed by atoms with Gasteiger partial charge in [-0.2, -0.15) is 0 Å². The largest absolute Gasteiger partial charge is 0.493 e. The third kappa shape index (κ3) is 3.48. The maximum absolute atomic E-state index is 11.3. The number of fused-ring (bicyclic) bond motifs is 1. The molecule has 25 heavy (non-hydrogen) atoms. The molecule has 0 radical (unpaired) electrons. The highest BCUT2D eigenvalue weighted by Crippen LogP contribution is 2.32. The smallest absolute Gasteiger partial charge is 0.220 e. The third-order valence-electron chi connectivity index (χ3n) is 4.64. The van der Waals surface area contributed by atoms with E-state index in [1.165, 1.54) is 0 Å². The van der Waals surface area contributed by atoms with Crippen molar-refractivity contribution in [3.63, 3.8) is 0 Å². The van der Waals surface area contributed by atoms with Crippen LogP contribution >= 0.6 is 0 Å². The fraction of sp³-hybridized carbons (Fsp3) is 0.238. The number of pyridine rings is 1. The molecular formula is C21H20N2O2. The van der Waals surface area contributed by atoms with Crippen LogP contribution in [0.5, 0.6) is 5.75 Å². The van der Waals surface area contributed by atoms with E-state index >= 15 is 0 Å². The molecule has 2 heterocycles. The van der Waals surface area contributed by atoms with E-state index in [2.05, 4.69) is 34.6 Å². The molecule has 0 spiro atoms. The number of aromatic nitrogens is 1. The number of benzene rings is 2. The molecule has 1 aliphatic heterocycles. The maximum atomic E-state index is 11.3. The summed E-state index contributed by atoms with van der Waals surface area (Å²) in [7, 11) is 0. The minimum atomic E-state index is 0.144. The summed E-state index contributed by atoms with van der Waals surface area (Å²) in [6.07, 6.45) is 3.28. The Balaban J connectivity index is 1.59. The van der Waals surface area contributed by atoms with Crippen molar-refractivity contribution in [2.24, 2.45) is 5.92 Å². The predicted octanol–water partition coefficient (Wildman–Crippen LogP) is 3.81. The van der Waals surface area contributed by atoms with Crippen molar-refractivity contribution in [2.45, 2.75) is 12.8 Å². The first-order chi connectivity index (χ1) is 12.3. The lowest BCUT2D eigenvalue weighted by Crippen LogP contribution is -2.14. The van der Waals surface area contributed by atoms with Crippen molar-refractivity contribution >= 4 is 16.8 Å². The van der Waals surface area contributed by atoms with Gasteiger partial charge in [-0.25, -0.2) is 0 Å². The number of carbonyl (C=O) groups excluding carboxylic acids is 1. The second-order valence-corrected chi connectivity index (χ2v) is 6.42. The summed E-state index contributed by atoms with van der Waals surface area (Å²) in [6, 6.07) is 18.4. The Morgan fingerprint density at radius 2 is 1.96 bits per heavy atom. The second kappa shape index (κ2) is 6.93. The van der Waals surface area contributed by atoms with Gasteiger partial charge in [-0.15, -0.1) is 0 Å². The molecule has 1 atom stereocenters. The van der Waals surface area contributed by atoms with Gasteiger partial charge >= 0.3 is 0 Å². The number of hydrogen-bond donors (Lipinski definition) is 1. The van der Waals surface area contributed by atoms with Crippen LogP contribution in [0.3, 0.4) is 0 Å². The summed E-state index contributed by atoms with van der Waals surface area (Å²) >= 11 is 0. The Morgan fingerprint density at radius 3 is 2.76 bits per heavy atom. The van der Waals surface area contributed by atoms with Crippen LogP contribution in [0.2, 0.25) is 0 Å². The first-order valence-corrected chi connectivity index (χ1v) is 8.63. The first kappa shape index (κ1) is 15.6. The van der Waals surface area contributed by atoms with E-state index in [9.17, 15) is 4.79 Å². The number of ether oxygens (including phenoxy) is 1. The van der Waals surface area contributed by atoms with Gasteiger partial charge in [-0.3, -0.25) is 9.78 Å². The van der Waals surface area contributed by atoms with Crippen LogP contribution in [0.4, 0.5) is 0 Å². The lowest BCUT2D eigenvalue weighted by atomic mass is 10.0. The topological polar surface area (TPSA) is 51.2 Å². The van der Waals surface area contributed by atoms with Gasteiger partial charge in [-0.05, 0) is 47.7 Å². The van der Waals surface area contributed by atoms with Crippen LogP contribution in [-0.2, 0) is 4.79 Å². The minimum absolute atomic E-state index is 0.144. The summed E-state index contributed by atoms with van der Waals surface area (Å²) in [5.74, 6) is 1.36. The molecule has 1 aliphatic rings. The highest BCUT2D eigenvalue weighted by atomic mass is 16.5. The van der Waals surface area contributed by atoms with Crippen molar-refractivity contribution in [2.75, 3.05) is 13.2 Å². The van der Waals surface area contributed by atoms with E-state index in [-0.39, 0.29) is 5.91 Å². The first-order valence-electron chi connectivity index (χ1n) is 8.63. The van der Waals surface area contributed by atoms with E-state index in [1.54, 1.807) is 6.20 Å². The molecule has 4 nitrogen and oxygen atoms in total. The highest BCUT2D eigenvalue weighted by Gasteiger charge is 2.21. The number of nitrogens with one attached hydrogen (secondary N) is 1. The third-order valence-corrected chi connectivity index (χ3v) is 4.64. The molecule has 0 saturated carbocycles. The Kier molecular flexibility index (Phi) is 4.34. The Hall–Kier alpha value is -2.88. The molecule has 0 aliphatic carbocycles. The average Bonchev–Trinajstić information content (AvgIpc) is 3.07. The SMILES string of the molecule is O=C1C[C@@H](CCOc2cc(-c3ccccc3)cc3ncccc23)CN1. The number of nitrogens with zero attached hydrogens (tertiary/aromatic N) is 1. The molecule has 0 bridgehead atoms. The maximum Gasteiger partial charge on any atom is 0.220 e. The number of carbonyl (C=O) groups is 1. The number of amides is 1. The molecule has 0 unspecified atom stereocenters. The van der Waals surface area contributed by atoms with Crippen molar-refractivity contribution in [1.82, 2.24) is 10.3 Å². The van der Waals surface area contributed by atoms with Crippen LogP contribution in [0, 0.1) is 5.92 Å². The van der Waals surface area contributed by atoms with E-state index in [0.717, 1.165) is 40.7 Å². The standard InChI is InChI=1S/C21H20N2O2/c24-21-11-15(14-23-21)8-10-25-20-13-17(16-5-2-1-3-6-16)12-19-18(20)7-4-9-22-19/h1-7,9,12-13,15H,8,10-11,14H2,(H,23,24)/t15-/m1/s1. The summed E-state index contributed by atoms with van der Waals surface area (Å²) in [5.41, 5.74) is 3.17. The summed E-state index contributed by atoms with van der Waals surface area (Å²) in [4.78, 5) is 15.8.